The summed E-state index contributed by atoms with van der Waals surface area (Å²) in [5.41, 5.74) is 7.87. The highest BCUT2D eigenvalue weighted by atomic mass is 16.6. The Morgan fingerprint density at radius 1 is 0.897 bits per heavy atom. The van der Waals surface area contributed by atoms with Gasteiger partial charge in [0.1, 0.15) is 11.9 Å². The topological polar surface area (TPSA) is 114 Å². The van der Waals surface area contributed by atoms with Crippen LogP contribution in [-0.2, 0) is 9.53 Å². The van der Waals surface area contributed by atoms with Crippen molar-refractivity contribution in [2.45, 2.75) is 32.8 Å². The van der Waals surface area contributed by atoms with Gasteiger partial charge in [0, 0.05) is 10.8 Å². The van der Waals surface area contributed by atoms with E-state index >= 15 is 0 Å². The Morgan fingerprint density at radius 3 is 2.33 bits per heavy atom. The van der Waals surface area contributed by atoms with Crippen LogP contribution >= 0.6 is 0 Å². The first-order chi connectivity index (χ1) is 18.7. The average molecular weight is 524 g/mol. The highest BCUT2D eigenvalue weighted by molar-refractivity contribution is 6.01. The molecule has 0 bridgehead atoms. The minimum atomic E-state index is -0.612. The molecule has 0 radical (unpaired) electrons. The molecule has 1 atom stereocenters. The van der Waals surface area contributed by atoms with E-state index in [-0.39, 0.29) is 11.7 Å². The highest BCUT2D eigenvalue weighted by Crippen LogP contribution is 2.41. The van der Waals surface area contributed by atoms with Gasteiger partial charge < -0.3 is 20.9 Å². The molecule has 2 amide bonds. The molecule has 4 rings (SSSR count). The summed E-state index contributed by atoms with van der Waals surface area (Å²) in [5.74, 6) is -0.144. The van der Waals surface area contributed by atoms with E-state index in [4.69, 9.17) is 10.5 Å². The minimum absolute atomic E-state index is 0.128. The third-order valence-electron chi connectivity index (χ3n) is 6.60. The van der Waals surface area contributed by atoms with E-state index < -0.39 is 17.6 Å². The molecule has 7 nitrogen and oxygen atoms in total. The number of para-hydroxylation sites is 2. The Kier molecular flexibility index (Phi) is 8.51. The number of nitrogens with one attached hydrogen (secondary N) is 2. The summed E-state index contributed by atoms with van der Waals surface area (Å²) in [6.45, 7) is 4.02. The first-order valence-corrected chi connectivity index (χ1v) is 12.8. The summed E-state index contributed by atoms with van der Waals surface area (Å²) in [7, 11) is 0. The number of benzene rings is 4. The number of hydrogen-bond acceptors (Lipinski definition) is 5. The van der Waals surface area contributed by atoms with Crippen LogP contribution in [0.5, 0.6) is 5.75 Å². The number of ether oxygens (including phenoxy) is 1. The molecule has 4 aromatic rings. The fourth-order valence-corrected chi connectivity index (χ4v) is 4.47. The van der Waals surface area contributed by atoms with Gasteiger partial charge in [-0.05, 0) is 60.2 Å². The maximum atomic E-state index is 13.1. The lowest BCUT2D eigenvalue weighted by molar-refractivity contribution is -0.111. The van der Waals surface area contributed by atoms with Gasteiger partial charge in [0.15, 0.2) is 0 Å². The molecule has 4 aromatic carbocycles. The lowest BCUT2D eigenvalue weighted by Gasteiger charge is -2.34. The number of nitrogen functional groups attached to an aromatic ring is 1. The van der Waals surface area contributed by atoms with Crippen molar-refractivity contribution in [2.75, 3.05) is 16.4 Å². The van der Waals surface area contributed by atoms with Crippen LogP contribution < -0.4 is 16.4 Å². The second kappa shape index (κ2) is 12.2. The fraction of sp³-hybridized carbons (Fsp3) is 0.188. The highest BCUT2D eigenvalue weighted by Gasteiger charge is 2.34. The molecule has 5 N–H and O–H groups in total. The van der Waals surface area contributed by atoms with Gasteiger partial charge in [0.05, 0.1) is 17.1 Å². The molecule has 0 aliphatic carbocycles. The molecule has 0 saturated heterocycles. The van der Waals surface area contributed by atoms with E-state index in [2.05, 4.69) is 10.6 Å². The lowest BCUT2D eigenvalue weighted by atomic mass is 9.78. The molecule has 200 valence electrons. The van der Waals surface area contributed by atoms with Crippen LogP contribution in [0.15, 0.2) is 103 Å². The molecule has 0 aromatic heterocycles. The number of phenolic OH excluding ortho intramolecular Hbond substituents is 1. The number of hydrogen-bond donors (Lipinski definition) is 4. The molecular weight excluding hydrogens is 490 g/mol. The summed E-state index contributed by atoms with van der Waals surface area (Å²) in [6.07, 6.45) is 3.28. The van der Waals surface area contributed by atoms with Crippen LogP contribution in [0.2, 0.25) is 0 Å². The smallest absolute Gasteiger partial charge is 0.412 e. The normalized spacial score (nSPS) is 12.3. The largest absolute Gasteiger partial charge is 0.508 e. The van der Waals surface area contributed by atoms with E-state index in [1.165, 1.54) is 6.08 Å². The van der Waals surface area contributed by atoms with Gasteiger partial charge in [-0.25, -0.2) is 4.79 Å². The van der Waals surface area contributed by atoms with Gasteiger partial charge in [0.25, 0.3) is 0 Å². The Morgan fingerprint density at radius 2 is 1.56 bits per heavy atom. The molecule has 39 heavy (non-hydrogen) atoms. The van der Waals surface area contributed by atoms with Crippen molar-refractivity contribution in [1.29, 1.82) is 0 Å². The number of carbonyl (C=O) groups excluding carboxylic acids is 2. The Balaban J connectivity index is 1.45. The number of amides is 2. The van der Waals surface area contributed by atoms with Gasteiger partial charge in [0.2, 0.25) is 5.91 Å². The van der Waals surface area contributed by atoms with E-state index in [0.717, 1.165) is 16.3 Å². The van der Waals surface area contributed by atoms with Crippen molar-refractivity contribution in [1.82, 2.24) is 0 Å². The molecule has 0 aliphatic heterocycles. The Hall–Kier alpha value is -4.78. The maximum absolute atomic E-state index is 13.1. The van der Waals surface area contributed by atoms with Crippen LogP contribution in [0, 0.1) is 5.41 Å². The predicted octanol–water partition coefficient (Wildman–Crippen LogP) is 7.42. The monoisotopic (exact) mass is 523 g/mol. The number of nitrogens with two attached hydrogens (primary N) is 1. The zero-order chi connectivity index (χ0) is 27.8. The number of allylic oxidation sites excluding steroid dienone is 1. The van der Waals surface area contributed by atoms with E-state index in [1.807, 2.05) is 56.3 Å². The standard InChI is InChI=1S/C32H33N3O4/c1-32(2,21-8-7-16-29(37)34-28-14-6-5-13-26(28)33)30(23-17-19-24(36)20-18-23)39-31(38)35-27-15-9-11-22-10-3-4-12-25(22)27/h3-7,9-20,30,36H,8,21,33H2,1-2H3,(H,34,37)(H,35,38)/b16-7+/t30-/m1/s1. The lowest BCUT2D eigenvalue weighted by Crippen LogP contribution is -2.29. The molecule has 0 saturated carbocycles. The van der Waals surface area contributed by atoms with E-state index in [9.17, 15) is 14.7 Å². The van der Waals surface area contributed by atoms with Crippen molar-refractivity contribution in [2.24, 2.45) is 5.41 Å². The first kappa shape index (κ1) is 27.3. The van der Waals surface area contributed by atoms with Gasteiger partial charge in [-0.15, -0.1) is 0 Å². The predicted molar refractivity (Wildman–Crippen MR) is 157 cm³/mol. The van der Waals surface area contributed by atoms with Crippen molar-refractivity contribution < 1.29 is 19.4 Å². The molecule has 0 heterocycles. The van der Waals surface area contributed by atoms with Crippen LogP contribution in [-0.4, -0.2) is 17.1 Å². The first-order valence-electron chi connectivity index (χ1n) is 12.8. The number of fused-ring (bicyclic) bond motifs is 1. The number of anilines is 3. The summed E-state index contributed by atoms with van der Waals surface area (Å²) in [5, 5.41) is 17.4. The third-order valence-corrected chi connectivity index (χ3v) is 6.60. The third kappa shape index (κ3) is 7.17. The van der Waals surface area contributed by atoms with Gasteiger partial charge in [-0.3, -0.25) is 10.1 Å². The number of rotatable bonds is 9. The Bertz CT molecular complexity index is 1470. The molecule has 0 spiro atoms. The SMILES string of the molecule is CC(C)(CC/C=C/C(=O)Nc1ccccc1N)[C@H](OC(=O)Nc1cccc2ccccc12)c1ccc(O)cc1. The number of phenols is 1. The van der Waals surface area contributed by atoms with Gasteiger partial charge in [-0.2, -0.15) is 0 Å². The van der Waals surface area contributed by atoms with Gasteiger partial charge in [-0.1, -0.05) is 80.6 Å². The molecular formula is C32H33N3O4. The maximum Gasteiger partial charge on any atom is 0.412 e. The molecule has 7 heteroatoms. The number of carbonyl (C=O) groups is 2. The zero-order valence-electron chi connectivity index (χ0n) is 22.1. The summed E-state index contributed by atoms with van der Waals surface area (Å²) in [6, 6.07) is 27.2. The van der Waals surface area contributed by atoms with Crippen molar-refractivity contribution in [3.05, 3.63) is 109 Å². The summed E-state index contributed by atoms with van der Waals surface area (Å²) < 4.78 is 6.02. The van der Waals surface area contributed by atoms with Gasteiger partial charge >= 0.3 is 6.09 Å². The van der Waals surface area contributed by atoms with Crippen LogP contribution in [0.4, 0.5) is 21.9 Å². The van der Waals surface area contributed by atoms with E-state index in [0.29, 0.717) is 29.9 Å². The van der Waals surface area contributed by atoms with Crippen molar-refractivity contribution in [3.63, 3.8) is 0 Å². The van der Waals surface area contributed by atoms with Crippen molar-refractivity contribution >= 4 is 39.8 Å². The second-order valence-corrected chi connectivity index (χ2v) is 10.0. The van der Waals surface area contributed by atoms with Crippen LogP contribution in [0.25, 0.3) is 10.8 Å². The summed E-state index contributed by atoms with van der Waals surface area (Å²) in [4.78, 5) is 25.4. The van der Waals surface area contributed by atoms with Crippen molar-refractivity contribution in [3.8, 4) is 5.75 Å². The quantitative estimate of drug-likeness (QED) is 0.135. The molecule has 0 aliphatic rings. The molecule has 0 unspecified atom stereocenters. The Labute approximate surface area is 228 Å². The van der Waals surface area contributed by atoms with Crippen LogP contribution in [0.1, 0.15) is 38.4 Å². The number of aromatic hydroxyl groups is 1. The minimum Gasteiger partial charge on any atom is -0.508 e. The van der Waals surface area contributed by atoms with E-state index in [1.54, 1.807) is 54.6 Å². The zero-order valence-corrected chi connectivity index (χ0v) is 22.1. The van der Waals surface area contributed by atoms with Crippen LogP contribution in [0.3, 0.4) is 0 Å². The second-order valence-electron chi connectivity index (χ2n) is 10.0. The molecule has 0 fully saturated rings. The average Bonchev–Trinajstić information content (AvgIpc) is 2.92. The summed E-state index contributed by atoms with van der Waals surface area (Å²) >= 11 is 0. The fourth-order valence-electron chi connectivity index (χ4n) is 4.47.